The third-order valence-corrected chi connectivity index (χ3v) is 8.35. The number of fused-ring (bicyclic) bond motifs is 1. The highest BCUT2D eigenvalue weighted by Gasteiger charge is 2.32. The fourth-order valence-corrected chi connectivity index (χ4v) is 6.37. The number of aromatic nitrogens is 1. The van der Waals surface area contributed by atoms with Crippen molar-refractivity contribution in [1.82, 2.24) is 14.8 Å². The van der Waals surface area contributed by atoms with Crippen LogP contribution in [-0.4, -0.2) is 58.8 Å². The number of amides is 2. The van der Waals surface area contributed by atoms with Crippen LogP contribution in [0.3, 0.4) is 0 Å². The van der Waals surface area contributed by atoms with Crippen molar-refractivity contribution in [2.24, 2.45) is 0 Å². The second-order valence-corrected chi connectivity index (χ2v) is 10.7. The number of anilines is 1. The molecule has 4 heterocycles. The van der Waals surface area contributed by atoms with Crippen molar-refractivity contribution < 1.29 is 14.0 Å². The first-order valence-electron chi connectivity index (χ1n) is 13.6. The predicted molar refractivity (Wildman–Crippen MR) is 148 cm³/mol. The van der Waals surface area contributed by atoms with Crippen molar-refractivity contribution in [3.63, 3.8) is 0 Å². The number of nitrogens with one attached hydrogen (secondary N) is 2. The van der Waals surface area contributed by atoms with Crippen LogP contribution in [0.2, 0.25) is 0 Å². The van der Waals surface area contributed by atoms with E-state index >= 15 is 0 Å². The predicted octanol–water partition coefficient (Wildman–Crippen LogP) is 5.63. The molecule has 3 aliphatic heterocycles. The van der Waals surface area contributed by atoms with Gasteiger partial charge in [0, 0.05) is 41.8 Å². The second kappa shape index (κ2) is 9.87. The van der Waals surface area contributed by atoms with Gasteiger partial charge in [0.15, 0.2) is 0 Å². The Bertz CT molecular complexity index is 1440. The van der Waals surface area contributed by atoms with E-state index in [2.05, 4.69) is 15.2 Å². The highest BCUT2D eigenvalue weighted by molar-refractivity contribution is 6.36. The van der Waals surface area contributed by atoms with Crippen molar-refractivity contribution in [3.05, 3.63) is 76.4 Å². The molecule has 6 rings (SSSR count). The van der Waals surface area contributed by atoms with E-state index in [0.29, 0.717) is 28.4 Å². The summed E-state index contributed by atoms with van der Waals surface area (Å²) >= 11 is 0. The number of benzene rings is 2. The van der Waals surface area contributed by atoms with Crippen LogP contribution in [0.4, 0.5) is 10.1 Å². The van der Waals surface area contributed by atoms with Gasteiger partial charge >= 0.3 is 0 Å². The van der Waals surface area contributed by atoms with Crippen molar-refractivity contribution in [2.75, 3.05) is 31.5 Å². The number of rotatable bonds is 4. The maximum Gasteiger partial charge on any atom is 0.256 e. The Morgan fingerprint density at radius 2 is 1.76 bits per heavy atom. The topological polar surface area (TPSA) is 68.4 Å². The normalized spacial score (nSPS) is 19.3. The summed E-state index contributed by atoms with van der Waals surface area (Å²) in [6.07, 6.45) is 6.43. The number of H-pyrrole nitrogens is 1. The summed E-state index contributed by atoms with van der Waals surface area (Å²) in [5.41, 5.74) is 6.49. The highest BCUT2D eigenvalue weighted by Crippen LogP contribution is 2.41. The molecule has 38 heavy (non-hydrogen) atoms. The number of halogens is 1. The molecule has 1 aromatic heterocycles. The summed E-state index contributed by atoms with van der Waals surface area (Å²) in [4.78, 5) is 34.6. The molecule has 7 heteroatoms. The summed E-state index contributed by atoms with van der Waals surface area (Å²) in [5, 5.41) is 2.94. The standard InChI is InChI=1S/C31H33FN4O2/c1-19-27(33-20(2)28(19)31(38)36-15-11-23(12-16-36)35-13-3-4-14-35)18-25-29-24(21-7-5-8-22(32)17-21)9-6-10-26(29)34-30(25)37/h5-10,17-18,23,33H,3-4,11-16H2,1-2H3,(H,34,37)/b25-18-. The molecule has 2 aromatic carbocycles. The summed E-state index contributed by atoms with van der Waals surface area (Å²) in [7, 11) is 0. The number of nitrogens with zero attached hydrogens (tertiary/aromatic N) is 2. The zero-order valence-electron chi connectivity index (χ0n) is 21.9. The van der Waals surface area contributed by atoms with E-state index in [1.807, 2.05) is 49.1 Å². The van der Waals surface area contributed by atoms with Gasteiger partial charge in [0.05, 0.1) is 11.1 Å². The minimum absolute atomic E-state index is 0.0532. The molecule has 6 nitrogen and oxygen atoms in total. The van der Waals surface area contributed by atoms with Crippen LogP contribution >= 0.6 is 0 Å². The van der Waals surface area contributed by atoms with E-state index in [9.17, 15) is 14.0 Å². The van der Waals surface area contributed by atoms with Gasteiger partial charge < -0.3 is 20.1 Å². The van der Waals surface area contributed by atoms with E-state index in [4.69, 9.17) is 0 Å². The molecule has 3 aliphatic rings. The summed E-state index contributed by atoms with van der Waals surface area (Å²) in [6.45, 7) is 7.77. The monoisotopic (exact) mass is 512 g/mol. The van der Waals surface area contributed by atoms with Crippen molar-refractivity contribution in [3.8, 4) is 11.1 Å². The molecule has 2 N–H and O–H groups in total. The third kappa shape index (κ3) is 4.35. The smallest absolute Gasteiger partial charge is 0.256 e. The average molecular weight is 513 g/mol. The van der Waals surface area contributed by atoms with Gasteiger partial charge in [0.1, 0.15) is 5.82 Å². The molecule has 3 aromatic rings. The molecular formula is C31H33FN4O2. The van der Waals surface area contributed by atoms with Gasteiger partial charge in [-0.1, -0.05) is 24.3 Å². The molecule has 2 saturated heterocycles. The highest BCUT2D eigenvalue weighted by atomic mass is 19.1. The maximum absolute atomic E-state index is 14.0. The SMILES string of the molecule is Cc1[nH]c(/C=C2\C(=O)Nc3cccc(-c4cccc(F)c4)c32)c(C)c1C(=O)N1CCC(N2CCCC2)CC1. The molecular weight excluding hydrogens is 479 g/mol. The van der Waals surface area contributed by atoms with Crippen LogP contribution in [0.1, 0.15) is 58.6 Å². The Hall–Kier alpha value is -3.71. The molecule has 2 fully saturated rings. The molecule has 0 bridgehead atoms. The van der Waals surface area contributed by atoms with Gasteiger partial charge in [-0.05, 0) is 93.6 Å². The Morgan fingerprint density at radius 3 is 2.50 bits per heavy atom. The maximum atomic E-state index is 14.0. The van der Waals surface area contributed by atoms with Crippen LogP contribution in [-0.2, 0) is 4.79 Å². The molecule has 196 valence electrons. The minimum atomic E-state index is -0.327. The quantitative estimate of drug-likeness (QED) is 0.445. The average Bonchev–Trinajstić information content (AvgIpc) is 3.63. The second-order valence-electron chi connectivity index (χ2n) is 10.7. The van der Waals surface area contributed by atoms with E-state index in [-0.39, 0.29) is 17.6 Å². The number of hydrogen-bond donors (Lipinski definition) is 2. The van der Waals surface area contributed by atoms with Crippen molar-refractivity contribution in [2.45, 2.75) is 45.6 Å². The fourth-order valence-electron chi connectivity index (χ4n) is 6.37. The first kappa shape index (κ1) is 24.6. The summed E-state index contributed by atoms with van der Waals surface area (Å²) in [5.74, 6) is -0.490. The minimum Gasteiger partial charge on any atom is -0.358 e. The van der Waals surface area contributed by atoms with Crippen LogP contribution < -0.4 is 5.32 Å². The Kier molecular flexibility index (Phi) is 6.40. The number of likely N-dealkylation sites (tertiary alicyclic amines) is 2. The first-order valence-corrected chi connectivity index (χ1v) is 13.6. The van der Waals surface area contributed by atoms with Crippen molar-refractivity contribution in [1.29, 1.82) is 0 Å². The molecule has 0 spiro atoms. The number of piperidine rings is 1. The first-order chi connectivity index (χ1) is 18.4. The Labute approximate surface area is 222 Å². The molecule has 2 amide bonds. The largest absolute Gasteiger partial charge is 0.358 e. The zero-order chi connectivity index (χ0) is 26.4. The molecule has 0 atom stereocenters. The number of aromatic amines is 1. The van der Waals surface area contributed by atoms with E-state index in [1.165, 1.54) is 38.1 Å². The number of hydrogen-bond acceptors (Lipinski definition) is 3. The van der Waals surface area contributed by atoms with Crippen LogP contribution in [0.5, 0.6) is 0 Å². The fraction of sp³-hybridized carbons (Fsp3) is 0.355. The molecule has 0 radical (unpaired) electrons. The number of aryl methyl sites for hydroxylation is 1. The zero-order valence-corrected chi connectivity index (χ0v) is 21.9. The summed E-state index contributed by atoms with van der Waals surface area (Å²) < 4.78 is 14.0. The lowest BCUT2D eigenvalue weighted by Crippen LogP contribution is -2.46. The number of carbonyl (C=O) groups is 2. The summed E-state index contributed by atoms with van der Waals surface area (Å²) in [6, 6.07) is 12.6. The lowest BCUT2D eigenvalue weighted by atomic mass is 9.94. The van der Waals surface area contributed by atoms with Crippen LogP contribution in [0.15, 0.2) is 42.5 Å². The van der Waals surface area contributed by atoms with Crippen LogP contribution in [0, 0.1) is 19.7 Å². The van der Waals surface area contributed by atoms with Gasteiger partial charge in [0.2, 0.25) is 0 Å². The van der Waals surface area contributed by atoms with Gasteiger partial charge in [-0.15, -0.1) is 0 Å². The van der Waals surface area contributed by atoms with E-state index < -0.39 is 0 Å². The number of carbonyl (C=O) groups excluding carboxylic acids is 2. The van der Waals surface area contributed by atoms with Gasteiger partial charge in [0.25, 0.3) is 11.8 Å². The third-order valence-electron chi connectivity index (χ3n) is 8.35. The van der Waals surface area contributed by atoms with Gasteiger partial charge in [-0.25, -0.2) is 4.39 Å². The molecule has 0 saturated carbocycles. The molecule has 0 aliphatic carbocycles. The van der Waals surface area contributed by atoms with Gasteiger partial charge in [-0.2, -0.15) is 0 Å². The van der Waals surface area contributed by atoms with E-state index in [1.54, 1.807) is 6.07 Å². The molecule has 0 unspecified atom stereocenters. The van der Waals surface area contributed by atoms with E-state index in [0.717, 1.165) is 54.0 Å². The van der Waals surface area contributed by atoms with Crippen molar-refractivity contribution >= 4 is 29.2 Å². The van der Waals surface area contributed by atoms with Gasteiger partial charge in [-0.3, -0.25) is 9.59 Å². The lowest BCUT2D eigenvalue weighted by Gasteiger charge is -2.36. The lowest BCUT2D eigenvalue weighted by molar-refractivity contribution is -0.110. The Balaban J connectivity index is 1.30. The Morgan fingerprint density at radius 1 is 1.03 bits per heavy atom. The van der Waals surface area contributed by atoms with Crippen LogP contribution in [0.25, 0.3) is 22.8 Å².